The van der Waals surface area contributed by atoms with Crippen LogP contribution in [0, 0.1) is 13.8 Å². The van der Waals surface area contributed by atoms with E-state index in [2.05, 4.69) is 57.5 Å². The van der Waals surface area contributed by atoms with Gasteiger partial charge in [-0.2, -0.15) is 5.10 Å². The summed E-state index contributed by atoms with van der Waals surface area (Å²) in [7, 11) is 0. The largest absolute Gasteiger partial charge is 0.491 e. The molecule has 5 rings (SSSR count). The minimum absolute atomic E-state index is 0.302. The molecule has 0 radical (unpaired) electrons. The van der Waals surface area contributed by atoms with Gasteiger partial charge in [-0.3, -0.25) is 0 Å². The summed E-state index contributed by atoms with van der Waals surface area (Å²) in [5.41, 5.74) is 4.51. The number of pyridine rings is 1. The van der Waals surface area contributed by atoms with Gasteiger partial charge in [0, 0.05) is 24.0 Å². The number of benzene rings is 2. The molecule has 2 aromatic carbocycles. The van der Waals surface area contributed by atoms with Crippen LogP contribution in [0.1, 0.15) is 50.7 Å². The average Bonchev–Trinajstić information content (AvgIpc) is 3.43. The Morgan fingerprint density at radius 2 is 1.82 bits per heavy atom. The van der Waals surface area contributed by atoms with Crippen molar-refractivity contribution >= 4 is 28.1 Å². The van der Waals surface area contributed by atoms with Gasteiger partial charge in [0.1, 0.15) is 42.3 Å². The number of anilines is 2. The van der Waals surface area contributed by atoms with E-state index in [-0.39, 0.29) is 0 Å². The molecule has 0 aliphatic rings. The van der Waals surface area contributed by atoms with Gasteiger partial charge < -0.3 is 20.1 Å². The zero-order valence-corrected chi connectivity index (χ0v) is 23.6. The molecule has 0 aliphatic heterocycles. The summed E-state index contributed by atoms with van der Waals surface area (Å²) in [5, 5.41) is 12.2. The first-order valence-corrected chi connectivity index (χ1v) is 14.0. The van der Waals surface area contributed by atoms with Crippen LogP contribution in [0.3, 0.4) is 0 Å². The number of hydrogen-bond donors (Lipinski definition) is 2. The number of aromatic nitrogens is 5. The lowest BCUT2D eigenvalue weighted by Crippen LogP contribution is -2.35. The second-order valence-corrected chi connectivity index (χ2v) is 10.1. The first-order valence-electron chi connectivity index (χ1n) is 14.0. The lowest BCUT2D eigenvalue weighted by atomic mass is 10.1. The third-order valence-corrected chi connectivity index (χ3v) is 6.89. The first kappa shape index (κ1) is 27.3. The van der Waals surface area contributed by atoms with Gasteiger partial charge >= 0.3 is 0 Å². The van der Waals surface area contributed by atoms with E-state index in [4.69, 9.17) is 9.47 Å². The number of rotatable bonds is 13. The van der Waals surface area contributed by atoms with Crippen molar-refractivity contribution in [2.75, 3.05) is 18.5 Å². The third kappa shape index (κ3) is 6.31. The predicted octanol–water partition coefficient (Wildman–Crippen LogP) is 6.76. The summed E-state index contributed by atoms with van der Waals surface area (Å²) in [5.74, 6) is 3.00. The molecule has 0 spiro atoms. The number of hydrogen-bond acceptors (Lipinski definition) is 8. The molecule has 5 aromatic rings. The van der Waals surface area contributed by atoms with Gasteiger partial charge in [0.15, 0.2) is 5.65 Å². The van der Waals surface area contributed by atoms with Crippen LogP contribution in [-0.4, -0.2) is 43.8 Å². The summed E-state index contributed by atoms with van der Waals surface area (Å²) in [6.07, 6.45) is 9.45. The van der Waals surface area contributed by atoms with Crippen molar-refractivity contribution < 1.29 is 9.47 Å². The van der Waals surface area contributed by atoms with Gasteiger partial charge in [-0.25, -0.2) is 19.5 Å². The van der Waals surface area contributed by atoms with Crippen molar-refractivity contribution in [2.24, 2.45) is 0 Å². The van der Waals surface area contributed by atoms with E-state index in [0.29, 0.717) is 24.2 Å². The summed E-state index contributed by atoms with van der Waals surface area (Å²) in [6.45, 7) is 10.1. The van der Waals surface area contributed by atoms with E-state index in [1.807, 2.05) is 49.5 Å². The highest BCUT2D eigenvalue weighted by atomic mass is 16.5. The topological polar surface area (TPSA) is 98.5 Å². The highest BCUT2D eigenvalue weighted by Gasteiger charge is 2.16. The Balaban J connectivity index is 1.37. The lowest BCUT2D eigenvalue weighted by Gasteiger charge is -2.21. The zero-order valence-electron chi connectivity index (χ0n) is 23.6. The van der Waals surface area contributed by atoms with Crippen molar-refractivity contribution in [2.45, 2.75) is 59.4 Å². The standard InChI is InChI=1S/C31H37N7O2/c1-5-7-8-24(32-14-6-2)18-39-30-21(3)9-11-26-29(30)31(35-19-33-26)37-23-10-12-27(22(4)16-23)40-25-13-15-38-28(17-25)34-20-36-38/h9-13,15-17,19-20,24,32H,5-8,14,18H2,1-4H3,(H,33,35,37). The van der Waals surface area contributed by atoms with Crippen LogP contribution in [0.4, 0.5) is 11.5 Å². The summed E-state index contributed by atoms with van der Waals surface area (Å²) in [6, 6.07) is 14.1. The fourth-order valence-corrected chi connectivity index (χ4v) is 4.70. The Morgan fingerprint density at radius 1 is 0.925 bits per heavy atom. The maximum Gasteiger partial charge on any atom is 0.158 e. The van der Waals surface area contributed by atoms with Gasteiger partial charge in [-0.15, -0.1) is 0 Å². The molecule has 208 valence electrons. The molecule has 0 bridgehead atoms. The SMILES string of the molecule is CCCCC(COc1c(C)ccc2ncnc(Nc3ccc(Oc4ccn5ncnc5c4)c(C)c3)c12)NCCC. The molecule has 1 unspecified atom stereocenters. The fourth-order valence-electron chi connectivity index (χ4n) is 4.70. The smallest absolute Gasteiger partial charge is 0.158 e. The van der Waals surface area contributed by atoms with E-state index >= 15 is 0 Å². The number of ether oxygens (including phenoxy) is 2. The quantitative estimate of drug-likeness (QED) is 0.169. The summed E-state index contributed by atoms with van der Waals surface area (Å²) in [4.78, 5) is 13.4. The van der Waals surface area contributed by atoms with Crippen LogP contribution in [0.25, 0.3) is 16.6 Å². The van der Waals surface area contributed by atoms with Crippen LogP contribution in [-0.2, 0) is 0 Å². The summed E-state index contributed by atoms with van der Waals surface area (Å²) >= 11 is 0. The van der Waals surface area contributed by atoms with E-state index in [9.17, 15) is 0 Å². The molecule has 1 atom stereocenters. The molecule has 0 saturated heterocycles. The van der Waals surface area contributed by atoms with Gasteiger partial charge in [-0.05, 0) is 74.7 Å². The average molecular weight is 540 g/mol. The number of nitrogens with one attached hydrogen (secondary N) is 2. The monoisotopic (exact) mass is 539 g/mol. The number of fused-ring (bicyclic) bond motifs is 2. The molecule has 0 fully saturated rings. The maximum atomic E-state index is 6.50. The van der Waals surface area contributed by atoms with E-state index in [0.717, 1.165) is 64.2 Å². The molecule has 3 heterocycles. The molecule has 9 heteroatoms. The maximum absolute atomic E-state index is 6.50. The molecule has 0 saturated carbocycles. The zero-order chi connectivity index (χ0) is 27.9. The summed E-state index contributed by atoms with van der Waals surface area (Å²) < 4.78 is 14.4. The van der Waals surface area contributed by atoms with Crippen LogP contribution in [0.15, 0.2) is 61.3 Å². The second kappa shape index (κ2) is 12.7. The molecule has 2 N–H and O–H groups in total. The first-order chi connectivity index (χ1) is 19.6. The Morgan fingerprint density at radius 3 is 2.65 bits per heavy atom. The highest BCUT2D eigenvalue weighted by Crippen LogP contribution is 2.35. The van der Waals surface area contributed by atoms with Gasteiger partial charge in [0.2, 0.25) is 0 Å². The molecule has 3 aromatic heterocycles. The van der Waals surface area contributed by atoms with E-state index in [1.54, 1.807) is 10.8 Å². The van der Waals surface area contributed by atoms with Gasteiger partial charge in [0.25, 0.3) is 0 Å². The van der Waals surface area contributed by atoms with Crippen LogP contribution < -0.4 is 20.1 Å². The van der Waals surface area contributed by atoms with Crippen molar-refractivity contribution in [3.63, 3.8) is 0 Å². The molecule has 40 heavy (non-hydrogen) atoms. The minimum atomic E-state index is 0.302. The van der Waals surface area contributed by atoms with Crippen LogP contribution >= 0.6 is 0 Å². The Labute approximate surface area is 235 Å². The molecule has 9 nitrogen and oxygen atoms in total. The van der Waals surface area contributed by atoms with Gasteiger partial charge in [0.05, 0.1) is 10.9 Å². The van der Waals surface area contributed by atoms with E-state index in [1.165, 1.54) is 19.2 Å². The number of nitrogens with zero attached hydrogens (tertiary/aromatic N) is 5. The highest BCUT2D eigenvalue weighted by molar-refractivity contribution is 5.96. The van der Waals surface area contributed by atoms with Crippen molar-refractivity contribution in [1.82, 2.24) is 29.9 Å². The minimum Gasteiger partial charge on any atom is -0.491 e. The molecule has 0 amide bonds. The van der Waals surface area contributed by atoms with Crippen LogP contribution in [0.2, 0.25) is 0 Å². The normalized spacial score (nSPS) is 12.1. The molecule has 0 aliphatic carbocycles. The van der Waals surface area contributed by atoms with Crippen LogP contribution in [0.5, 0.6) is 17.2 Å². The fraction of sp³-hybridized carbons (Fsp3) is 0.355. The Kier molecular flexibility index (Phi) is 8.71. The van der Waals surface area contributed by atoms with Crippen molar-refractivity contribution in [3.8, 4) is 17.2 Å². The lowest BCUT2D eigenvalue weighted by molar-refractivity contribution is 0.255. The van der Waals surface area contributed by atoms with Crippen molar-refractivity contribution in [1.29, 1.82) is 0 Å². The molecular weight excluding hydrogens is 502 g/mol. The number of unbranched alkanes of at least 4 members (excludes halogenated alkanes) is 1. The Hall–Kier alpha value is -4.24. The van der Waals surface area contributed by atoms with Gasteiger partial charge in [-0.1, -0.05) is 32.8 Å². The Bertz CT molecular complexity index is 1580. The van der Waals surface area contributed by atoms with E-state index < -0.39 is 0 Å². The molecular formula is C31H37N7O2. The van der Waals surface area contributed by atoms with Crippen molar-refractivity contribution in [3.05, 3.63) is 72.4 Å². The third-order valence-electron chi connectivity index (χ3n) is 6.89. The number of aryl methyl sites for hydroxylation is 2. The predicted molar refractivity (Wildman–Crippen MR) is 159 cm³/mol. The second-order valence-electron chi connectivity index (χ2n) is 10.1.